The smallest absolute Gasteiger partial charge is 0.227 e. The van der Waals surface area contributed by atoms with Crippen molar-refractivity contribution < 1.29 is 13.2 Å². The highest BCUT2D eigenvalue weighted by molar-refractivity contribution is 7.90. The van der Waals surface area contributed by atoms with Gasteiger partial charge in [-0.05, 0) is 43.9 Å². The molecule has 0 aromatic heterocycles. The Balaban J connectivity index is 2.11. The fraction of sp³-hybridized carbons (Fsp3) is 0.611. The van der Waals surface area contributed by atoms with Gasteiger partial charge in [0.25, 0.3) is 0 Å². The predicted molar refractivity (Wildman–Crippen MR) is 92.1 cm³/mol. The zero-order chi connectivity index (χ0) is 17.0. The lowest BCUT2D eigenvalue weighted by Gasteiger charge is -2.34. The van der Waals surface area contributed by atoms with E-state index in [1.54, 1.807) is 24.3 Å². The molecule has 0 heterocycles. The summed E-state index contributed by atoms with van der Waals surface area (Å²) in [7, 11) is -3.19. The number of sulfone groups is 1. The molecule has 1 aliphatic rings. The Morgan fingerprint density at radius 1 is 1.22 bits per heavy atom. The highest BCUT2D eigenvalue weighted by Crippen LogP contribution is 2.26. The van der Waals surface area contributed by atoms with Gasteiger partial charge in [0.2, 0.25) is 5.91 Å². The molecule has 1 aromatic rings. The number of amides is 1. The molecule has 128 valence electrons. The van der Waals surface area contributed by atoms with Crippen molar-refractivity contribution in [1.82, 2.24) is 4.90 Å². The third-order valence-electron chi connectivity index (χ3n) is 4.78. The second-order valence-corrected chi connectivity index (χ2v) is 8.61. The fourth-order valence-corrected chi connectivity index (χ4v) is 3.94. The third kappa shape index (κ3) is 4.56. The predicted octanol–water partition coefficient (Wildman–Crippen LogP) is 3.20. The molecule has 1 amide bonds. The van der Waals surface area contributed by atoms with Crippen LogP contribution in [-0.2, 0) is 21.1 Å². The molecule has 0 N–H and O–H groups in total. The number of benzene rings is 1. The summed E-state index contributed by atoms with van der Waals surface area (Å²) in [5, 5.41) is 0. The lowest BCUT2D eigenvalue weighted by Crippen LogP contribution is -2.45. The summed E-state index contributed by atoms with van der Waals surface area (Å²) in [5.41, 5.74) is 0.869. The SMILES string of the molecule is CCC(C)N(C(=O)Cc1ccc(S(C)(=O)=O)cc1)C1CCCC1. The molecule has 1 fully saturated rings. The molecule has 5 heteroatoms. The van der Waals surface area contributed by atoms with Crippen molar-refractivity contribution in [2.75, 3.05) is 6.26 Å². The molecule has 1 aromatic carbocycles. The van der Waals surface area contributed by atoms with Crippen LogP contribution >= 0.6 is 0 Å². The molecular weight excluding hydrogens is 310 g/mol. The van der Waals surface area contributed by atoms with E-state index in [1.165, 1.54) is 19.1 Å². The van der Waals surface area contributed by atoms with Crippen LogP contribution < -0.4 is 0 Å². The zero-order valence-corrected chi connectivity index (χ0v) is 15.1. The Kier molecular flexibility index (Phi) is 5.84. The van der Waals surface area contributed by atoms with Crippen LogP contribution in [0.2, 0.25) is 0 Å². The van der Waals surface area contributed by atoms with E-state index < -0.39 is 9.84 Å². The monoisotopic (exact) mass is 337 g/mol. The molecule has 2 rings (SSSR count). The summed E-state index contributed by atoms with van der Waals surface area (Å²) in [6.45, 7) is 4.23. The van der Waals surface area contributed by atoms with Crippen molar-refractivity contribution in [3.63, 3.8) is 0 Å². The molecule has 0 aliphatic heterocycles. The molecule has 1 aliphatic carbocycles. The Morgan fingerprint density at radius 3 is 2.26 bits per heavy atom. The number of hydrogen-bond acceptors (Lipinski definition) is 3. The zero-order valence-electron chi connectivity index (χ0n) is 14.3. The molecular formula is C18H27NO3S. The molecule has 23 heavy (non-hydrogen) atoms. The van der Waals surface area contributed by atoms with Crippen molar-refractivity contribution in [1.29, 1.82) is 0 Å². The van der Waals surface area contributed by atoms with Gasteiger partial charge in [0.05, 0.1) is 11.3 Å². The number of carbonyl (C=O) groups is 1. The molecule has 1 saturated carbocycles. The van der Waals surface area contributed by atoms with Gasteiger partial charge in [-0.2, -0.15) is 0 Å². The van der Waals surface area contributed by atoms with Gasteiger partial charge in [-0.3, -0.25) is 4.79 Å². The van der Waals surface area contributed by atoms with Crippen LogP contribution in [0.25, 0.3) is 0 Å². The number of nitrogens with zero attached hydrogens (tertiary/aromatic N) is 1. The van der Waals surface area contributed by atoms with Gasteiger partial charge in [0, 0.05) is 18.3 Å². The summed E-state index contributed by atoms with van der Waals surface area (Å²) in [6, 6.07) is 7.28. The minimum absolute atomic E-state index is 0.151. The second kappa shape index (κ2) is 7.47. The minimum atomic E-state index is -3.19. The summed E-state index contributed by atoms with van der Waals surface area (Å²) in [6.07, 6.45) is 7.09. The third-order valence-corrected chi connectivity index (χ3v) is 5.91. The van der Waals surface area contributed by atoms with E-state index in [2.05, 4.69) is 18.7 Å². The maximum atomic E-state index is 12.8. The van der Waals surface area contributed by atoms with E-state index in [0.717, 1.165) is 24.8 Å². The normalized spacial score (nSPS) is 17.2. The highest BCUT2D eigenvalue weighted by Gasteiger charge is 2.29. The Morgan fingerprint density at radius 2 is 1.78 bits per heavy atom. The van der Waals surface area contributed by atoms with Gasteiger partial charge in [0.15, 0.2) is 9.84 Å². The van der Waals surface area contributed by atoms with Gasteiger partial charge in [0.1, 0.15) is 0 Å². The molecule has 0 saturated heterocycles. The van der Waals surface area contributed by atoms with Crippen molar-refractivity contribution in [3.05, 3.63) is 29.8 Å². The van der Waals surface area contributed by atoms with Gasteiger partial charge >= 0.3 is 0 Å². The van der Waals surface area contributed by atoms with E-state index in [4.69, 9.17) is 0 Å². The maximum absolute atomic E-state index is 12.8. The molecule has 0 bridgehead atoms. The molecule has 0 spiro atoms. The average Bonchev–Trinajstić information content (AvgIpc) is 3.00. The number of carbonyl (C=O) groups excluding carboxylic acids is 1. The largest absolute Gasteiger partial charge is 0.337 e. The first-order valence-corrected chi connectivity index (χ1v) is 10.3. The Bertz CT molecular complexity index is 631. The lowest BCUT2D eigenvalue weighted by atomic mass is 10.1. The van der Waals surface area contributed by atoms with Crippen LogP contribution in [0.1, 0.15) is 51.5 Å². The molecule has 0 radical (unpaired) electrons. The van der Waals surface area contributed by atoms with Crippen LogP contribution in [0.3, 0.4) is 0 Å². The summed E-state index contributed by atoms with van der Waals surface area (Å²) in [4.78, 5) is 15.2. The van der Waals surface area contributed by atoms with Crippen LogP contribution in [-0.4, -0.2) is 37.6 Å². The van der Waals surface area contributed by atoms with Gasteiger partial charge < -0.3 is 4.90 Å². The van der Waals surface area contributed by atoms with Crippen LogP contribution in [0.4, 0.5) is 0 Å². The standard InChI is InChI=1S/C18H27NO3S/c1-4-14(2)19(16-7-5-6-8-16)18(20)13-15-9-11-17(12-10-15)23(3,21)22/h9-12,14,16H,4-8,13H2,1-3H3. The fourth-order valence-electron chi connectivity index (χ4n) is 3.31. The first kappa shape index (κ1) is 18.0. The van der Waals surface area contributed by atoms with Crippen molar-refractivity contribution in [2.24, 2.45) is 0 Å². The van der Waals surface area contributed by atoms with E-state index in [-0.39, 0.29) is 11.9 Å². The quantitative estimate of drug-likeness (QED) is 0.801. The summed E-state index contributed by atoms with van der Waals surface area (Å²) >= 11 is 0. The molecule has 4 nitrogen and oxygen atoms in total. The van der Waals surface area contributed by atoms with Crippen molar-refractivity contribution in [2.45, 2.75) is 69.4 Å². The van der Waals surface area contributed by atoms with Gasteiger partial charge in [-0.1, -0.05) is 31.9 Å². The van der Waals surface area contributed by atoms with Gasteiger partial charge in [-0.15, -0.1) is 0 Å². The maximum Gasteiger partial charge on any atom is 0.227 e. The first-order chi connectivity index (χ1) is 10.8. The molecule has 1 unspecified atom stereocenters. The Hall–Kier alpha value is -1.36. The van der Waals surface area contributed by atoms with E-state index in [0.29, 0.717) is 17.4 Å². The van der Waals surface area contributed by atoms with Crippen LogP contribution in [0, 0.1) is 0 Å². The topological polar surface area (TPSA) is 54.5 Å². The van der Waals surface area contributed by atoms with E-state index in [9.17, 15) is 13.2 Å². The van der Waals surface area contributed by atoms with E-state index in [1.807, 2.05) is 0 Å². The first-order valence-electron chi connectivity index (χ1n) is 8.43. The van der Waals surface area contributed by atoms with Gasteiger partial charge in [-0.25, -0.2) is 8.42 Å². The van der Waals surface area contributed by atoms with Crippen molar-refractivity contribution in [3.8, 4) is 0 Å². The number of hydrogen-bond donors (Lipinski definition) is 0. The van der Waals surface area contributed by atoms with Crippen molar-refractivity contribution >= 4 is 15.7 Å². The highest BCUT2D eigenvalue weighted by atomic mass is 32.2. The number of rotatable bonds is 6. The minimum Gasteiger partial charge on any atom is -0.337 e. The molecule has 1 atom stereocenters. The average molecular weight is 337 g/mol. The van der Waals surface area contributed by atoms with E-state index >= 15 is 0 Å². The lowest BCUT2D eigenvalue weighted by molar-refractivity contribution is -0.135. The summed E-state index contributed by atoms with van der Waals surface area (Å²) in [5.74, 6) is 0.151. The second-order valence-electron chi connectivity index (χ2n) is 6.59. The van der Waals surface area contributed by atoms with Crippen LogP contribution in [0.15, 0.2) is 29.2 Å². The summed E-state index contributed by atoms with van der Waals surface area (Å²) < 4.78 is 23.0. The Labute approximate surface area is 139 Å². The van der Waals surface area contributed by atoms with Crippen LogP contribution in [0.5, 0.6) is 0 Å².